The lowest BCUT2D eigenvalue weighted by molar-refractivity contribution is 0.170. The summed E-state index contributed by atoms with van der Waals surface area (Å²) in [5.41, 5.74) is 0.727. The second kappa shape index (κ2) is 6.81. The van der Waals surface area contributed by atoms with Gasteiger partial charge in [-0.3, -0.25) is 0 Å². The van der Waals surface area contributed by atoms with Crippen LogP contribution in [0.4, 0.5) is 0 Å². The topological polar surface area (TPSA) is 29.5 Å². The van der Waals surface area contributed by atoms with Gasteiger partial charge in [0.25, 0.3) is 0 Å². The fourth-order valence-electron chi connectivity index (χ4n) is 1.77. The first-order valence-corrected chi connectivity index (χ1v) is 7.67. The highest BCUT2D eigenvalue weighted by Crippen LogP contribution is 2.38. The molecule has 2 nitrogen and oxygen atoms in total. The summed E-state index contributed by atoms with van der Waals surface area (Å²) in [4.78, 5) is 0. The van der Waals surface area contributed by atoms with Crippen molar-refractivity contribution < 1.29 is 9.84 Å². The molecule has 0 saturated heterocycles. The van der Waals surface area contributed by atoms with Gasteiger partial charge in [0.15, 0.2) is 0 Å². The van der Waals surface area contributed by atoms with Gasteiger partial charge in [-0.2, -0.15) is 0 Å². The van der Waals surface area contributed by atoms with E-state index in [1.54, 1.807) is 18.2 Å². The Morgan fingerprint density at radius 2 is 1.85 bits per heavy atom. The van der Waals surface area contributed by atoms with Crippen molar-refractivity contribution in [3.63, 3.8) is 0 Å². The molecule has 0 aliphatic rings. The van der Waals surface area contributed by atoms with Gasteiger partial charge in [0.05, 0.1) is 16.1 Å². The standard InChI is InChI=1S/C15H13BrCl2O2/c1-2-13(19)9-5-3-4-6-14(9)20-15-8-11(17)10(16)7-12(15)18/h3-8,13,19H,2H2,1H3. The molecule has 2 aromatic carbocycles. The van der Waals surface area contributed by atoms with Gasteiger partial charge in [0.2, 0.25) is 0 Å². The fourth-order valence-corrected chi connectivity index (χ4v) is 2.60. The minimum atomic E-state index is -0.573. The van der Waals surface area contributed by atoms with Gasteiger partial charge >= 0.3 is 0 Å². The molecule has 20 heavy (non-hydrogen) atoms. The average Bonchev–Trinajstić information content (AvgIpc) is 2.44. The van der Waals surface area contributed by atoms with Crippen molar-refractivity contribution in [2.75, 3.05) is 0 Å². The van der Waals surface area contributed by atoms with Gasteiger partial charge in [-0.15, -0.1) is 0 Å². The Labute approximate surface area is 136 Å². The number of benzene rings is 2. The van der Waals surface area contributed by atoms with E-state index in [9.17, 15) is 5.11 Å². The molecule has 106 valence electrons. The molecule has 1 atom stereocenters. The lowest BCUT2D eigenvalue weighted by atomic mass is 10.1. The van der Waals surface area contributed by atoms with Crippen LogP contribution in [-0.2, 0) is 0 Å². The van der Waals surface area contributed by atoms with E-state index in [1.165, 1.54) is 0 Å². The van der Waals surface area contributed by atoms with Gasteiger partial charge in [0, 0.05) is 16.1 Å². The Kier molecular flexibility index (Phi) is 5.33. The van der Waals surface area contributed by atoms with Crippen LogP contribution in [0.25, 0.3) is 0 Å². The van der Waals surface area contributed by atoms with Crippen LogP contribution in [0.2, 0.25) is 10.0 Å². The molecular weight excluding hydrogens is 363 g/mol. The number of aliphatic hydroxyl groups is 1. The maximum atomic E-state index is 10.0. The number of aliphatic hydroxyl groups excluding tert-OH is 1. The highest BCUT2D eigenvalue weighted by molar-refractivity contribution is 9.10. The first kappa shape index (κ1) is 15.6. The number of hydrogen-bond donors (Lipinski definition) is 1. The van der Waals surface area contributed by atoms with E-state index in [0.717, 1.165) is 5.56 Å². The van der Waals surface area contributed by atoms with Crippen LogP contribution in [0, 0.1) is 0 Å². The molecule has 0 fully saturated rings. The number of halogens is 3. The lowest BCUT2D eigenvalue weighted by Crippen LogP contribution is -1.98. The molecule has 0 bridgehead atoms. The summed E-state index contributed by atoms with van der Waals surface area (Å²) in [6.07, 6.45) is 0.0331. The Morgan fingerprint density at radius 3 is 2.55 bits per heavy atom. The largest absolute Gasteiger partial charge is 0.455 e. The quantitative estimate of drug-likeness (QED) is 0.664. The summed E-state index contributed by atoms with van der Waals surface area (Å²) in [5, 5.41) is 11.0. The van der Waals surface area contributed by atoms with Gasteiger partial charge in [-0.1, -0.05) is 48.3 Å². The van der Waals surface area contributed by atoms with Crippen LogP contribution in [0.3, 0.4) is 0 Å². The number of hydrogen-bond acceptors (Lipinski definition) is 2. The van der Waals surface area contributed by atoms with E-state index in [2.05, 4.69) is 15.9 Å². The molecule has 0 amide bonds. The minimum Gasteiger partial charge on any atom is -0.455 e. The van der Waals surface area contributed by atoms with E-state index in [-0.39, 0.29) is 0 Å². The maximum Gasteiger partial charge on any atom is 0.147 e. The zero-order chi connectivity index (χ0) is 14.7. The van der Waals surface area contributed by atoms with Gasteiger partial charge in [-0.05, 0) is 34.5 Å². The zero-order valence-corrected chi connectivity index (χ0v) is 13.8. The number of rotatable bonds is 4. The Bertz CT molecular complexity index is 617. The van der Waals surface area contributed by atoms with Crippen molar-refractivity contribution in [1.29, 1.82) is 0 Å². The molecule has 0 aliphatic carbocycles. The molecule has 0 aliphatic heterocycles. The first-order chi connectivity index (χ1) is 9.52. The molecule has 2 rings (SSSR count). The summed E-state index contributed by atoms with van der Waals surface area (Å²) in [5.74, 6) is 1.03. The van der Waals surface area contributed by atoms with Crippen LogP contribution >= 0.6 is 39.1 Å². The summed E-state index contributed by atoms with van der Waals surface area (Å²) in [7, 11) is 0. The van der Waals surface area contributed by atoms with Crippen molar-refractivity contribution in [2.24, 2.45) is 0 Å². The van der Waals surface area contributed by atoms with Crippen LogP contribution in [-0.4, -0.2) is 5.11 Å². The van der Waals surface area contributed by atoms with E-state index in [1.807, 2.05) is 25.1 Å². The van der Waals surface area contributed by atoms with E-state index in [4.69, 9.17) is 27.9 Å². The molecule has 1 N–H and O–H groups in total. The van der Waals surface area contributed by atoms with Crippen molar-refractivity contribution in [2.45, 2.75) is 19.4 Å². The summed E-state index contributed by atoms with van der Waals surface area (Å²) in [6, 6.07) is 10.6. The maximum absolute atomic E-state index is 10.0. The third-order valence-corrected chi connectivity index (χ3v) is 4.35. The van der Waals surface area contributed by atoms with Gasteiger partial charge in [-0.25, -0.2) is 0 Å². The van der Waals surface area contributed by atoms with Crippen LogP contribution in [0.15, 0.2) is 40.9 Å². The molecule has 2 aromatic rings. The SMILES string of the molecule is CCC(O)c1ccccc1Oc1cc(Cl)c(Br)cc1Cl. The Morgan fingerprint density at radius 1 is 1.15 bits per heavy atom. The van der Waals surface area contributed by atoms with Crippen LogP contribution in [0.5, 0.6) is 11.5 Å². The van der Waals surface area contributed by atoms with Crippen molar-refractivity contribution in [3.8, 4) is 11.5 Å². The third-order valence-electron chi connectivity index (χ3n) is 2.86. The van der Waals surface area contributed by atoms with Crippen molar-refractivity contribution in [3.05, 3.63) is 56.5 Å². The number of para-hydroxylation sites is 1. The van der Waals surface area contributed by atoms with Crippen molar-refractivity contribution >= 4 is 39.1 Å². The molecule has 0 heterocycles. The predicted octanol–water partition coefficient (Wildman–Crippen LogP) is 5.99. The second-order valence-corrected chi connectivity index (χ2v) is 5.93. The zero-order valence-electron chi connectivity index (χ0n) is 10.7. The Hall–Kier alpha value is -0.740. The molecule has 0 saturated carbocycles. The van der Waals surface area contributed by atoms with E-state index in [0.29, 0.717) is 32.4 Å². The monoisotopic (exact) mass is 374 g/mol. The van der Waals surface area contributed by atoms with Crippen LogP contribution < -0.4 is 4.74 Å². The highest BCUT2D eigenvalue weighted by atomic mass is 79.9. The summed E-state index contributed by atoms with van der Waals surface area (Å²) < 4.78 is 6.51. The second-order valence-electron chi connectivity index (χ2n) is 4.26. The van der Waals surface area contributed by atoms with Gasteiger partial charge in [0.1, 0.15) is 11.5 Å². The normalized spacial score (nSPS) is 12.2. The van der Waals surface area contributed by atoms with E-state index < -0.39 is 6.10 Å². The summed E-state index contributed by atoms with van der Waals surface area (Å²) in [6.45, 7) is 1.91. The average molecular weight is 376 g/mol. The highest BCUT2D eigenvalue weighted by Gasteiger charge is 2.14. The molecule has 0 spiro atoms. The Balaban J connectivity index is 2.38. The molecule has 0 aromatic heterocycles. The molecular formula is C15H13BrCl2O2. The minimum absolute atomic E-state index is 0.446. The summed E-state index contributed by atoms with van der Waals surface area (Å²) >= 11 is 15.5. The molecule has 1 unspecified atom stereocenters. The molecule has 0 radical (unpaired) electrons. The first-order valence-electron chi connectivity index (χ1n) is 6.12. The van der Waals surface area contributed by atoms with Crippen LogP contribution in [0.1, 0.15) is 25.0 Å². The van der Waals surface area contributed by atoms with E-state index >= 15 is 0 Å². The molecule has 5 heteroatoms. The third kappa shape index (κ3) is 3.47. The number of ether oxygens (including phenoxy) is 1. The predicted molar refractivity (Wildman–Crippen MR) is 85.9 cm³/mol. The van der Waals surface area contributed by atoms with Gasteiger partial charge < -0.3 is 9.84 Å². The van der Waals surface area contributed by atoms with Crippen molar-refractivity contribution in [1.82, 2.24) is 0 Å². The lowest BCUT2D eigenvalue weighted by Gasteiger charge is -2.15. The smallest absolute Gasteiger partial charge is 0.147 e. The fraction of sp³-hybridized carbons (Fsp3) is 0.200.